The number of aromatic nitrogens is 2. The topological polar surface area (TPSA) is 71.9 Å². The standard InChI is InChI=1S/C23H31N5O3/c1-2-26-11-6-18(7-12-26)27-13-8-19(9-14-27)28-22(5-10-24-28)25-23(29)17-3-4-20-21(15-17)31-16-30-20/h3-5,10,15,18-19H,2,6-9,11-14,16H2,1H3,(H,25,29). The first-order valence-electron chi connectivity index (χ1n) is 11.4. The molecule has 1 aromatic heterocycles. The maximum atomic E-state index is 12.8. The SMILES string of the molecule is CCN1CCC(N2CCC(n3nccc3NC(=O)c3ccc4c(c3)OCO4)CC2)CC1. The monoisotopic (exact) mass is 425 g/mol. The van der Waals surface area contributed by atoms with Crippen molar-refractivity contribution in [2.75, 3.05) is 44.8 Å². The maximum absolute atomic E-state index is 12.8. The van der Waals surface area contributed by atoms with Gasteiger partial charge in [-0.1, -0.05) is 6.92 Å². The molecule has 5 rings (SSSR count). The smallest absolute Gasteiger partial charge is 0.256 e. The molecule has 8 heteroatoms. The minimum absolute atomic E-state index is 0.167. The molecule has 3 aliphatic heterocycles. The summed E-state index contributed by atoms with van der Waals surface area (Å²) in [6.07, 6.45) is 6.43. The van der Waals surface area contributed by atoms with Crippen LogP contribution in [0.25, 0.3) is 0 Å². The molecule has 2 saturated heterocycles. The molecular weight excluding hydrogens is 394 g/mol. The van der Waals surface area contributed by atoms with Crippen molar-refractivity contribution in [1.82, 2.24) is 19.6 Å². The van der Waals surface area contributed by atoms with Gasteiger partial charge in [-0.2, -0.15) is 5.10 Å². The Morgan fingerprint density at radius 2 is 1.77 bits per heavy atom. The van der Waals surface area contributed by atoms with Crippen molar-refractivity contribution < 1.29 is 14.3 Å². The summed E-state index contributed by atoms with van der Waals surface area (Å²) in [5, 5.41) is 7.56. The number of nitrogens with zero attached hydrogens (tertiary/aromatic N) is 4. The van der Waals surface area contributed by atoms with Gasteiger partial charge in [-0.25, -0.2) is 4.68 Å². The molecule has 0 bridgehead atoms. The van der Waals surface area contributed by atoms with Crippen LogP contribution in [0.3, 0.4) is 0 Å². The minimum Gasteiger partial charge on any atom is -0.454 e. The van der Waals surface area contributed by atoms with Crippen molar-refractivity contribution in [1.29, 1.82) is 0 Å². The van der Waals surface area contributed by atoms with Gasteiger partial charge in [0.2, 0.25) is 6.79 Å². The highest BCUT2D eigenvalue weighted by Crippen LogP contribution is 2.33. The molecule has 166 valence electrons. The van der Waals surface area contributed by atoms with Gasteiger partial charge in [-0.15, -0.1) is 0 Å². The summed E-state index contributed by atoms with van der Waals surface area (Å²) >= 11 is 0. The van der Waals surface area contributed by atoms with E-state index in [1.807, 2.05) is 10.7 Å². The van der Waals surface area contributed by atoms with Crippen LogP contribution in [0.1, 0.15) is 49.0 Å². The maximum Gasteiger partial charge on any atom is 0.256 e. The first-order chi connectivity index (χ1) is 15.2. The van der Waals surface area contributed by atoms with E-state index in [-0.39, 0.29) is 12.7 Å². The quantitative estimate of drug-likeness (QED) is 0.794. The second kappa shape index (κ2) is 8.88. The van der Waals surface area contributed by atoms with Gasteiger partial charge in [-0.05, 0) is 63.5 Å². The molecular formula is C23H31N5O3. The average Bonchev–Trinajstić information content (AvgIpc) is 3.48. The number of piperidine rings is 2. The summed E-state index contributed by atoms with van der Waals surface area (Å²) in [6.45, 7) is 8.23. The number of benzene rings is 1. The summed E-state index contributed by atoms with van der Waals surface area (Å²) in [7, 11) is 0. The Hall–Kier alpha value is -2.58. The number of hydrogen-bond acceptors (Lipinski definition) is 6. The Labute approximate surface area is 183 Å². The number of hydrogen-bond donors (Lipinski definition) is 1. The largest absolute Gasteiger partial charge is 0.454 e. The molecule has 1 amide bonds. The minimum atomic E-state index is -0.167. The zero-order valence-electron chi connectivity index (χ0n) is 18.1. The van der Waals surface area contributed by atoms with E-state index in [0.29, 0.717) is 29.1 Å². The number of anilines is 1. The van der Waals surface area contributed by atoms with Crippen LogP contribution in [-0.4, -0.2) is 71.0 Å². The Kier molecular flexibility index (Phi) is 5.82. The van der Waals surface area contributed by atoms with Gasteiger partial charge in [0.05, 0.1) is 12.2 Å². The second-order valence-corrected chi connectivity index (χ2v) is 8.62. The van der Waals surface area contributed by atoms with Gasteiger partial charge >= 0.3 is 0 Å². The molecule has 0 radical (unpaired) electrons. The number of amides is 1. The summed E-state index contributed by atoms with van der Waals surface area (Å²) in [6, 6.07) is 8.15. The van der Waals surface area contributed by atoms with E-state index in [2.05, 4.69) is 27.1 Å². The van der Waals surface area contributed by atoms with E-state index < -0.39 is 0 Å². The second-order valence-electron chi connectivity index (χ2n) is 8.62. The highest BCUT2D eigenvalue weighted by Gasteiger charge is 2.29. The molecule has 0 atom stereocenters. The zero-order valence-corrected chi connectivity index (χ0v) is 18.1. The first-order valence-corrected chi connectivity index (χ1v) is 11.4. The van der Waals surface area contributed by atoms with E-state index in [1.165, 1.54) is 25.9 Å². The molecule has 4 heterocycles. The molecule has 0 spiro atoms. The molecule has 1 aromatic carbocycles. The van der Waals surface area contributed by atoms with Crippen molar-refractivity contribution >= 4 is 11.7 Å². The summed E-state index contributed by atoms with van der Waals surface area (Å²) in [5.74, 6) is 1.87. The van der Waals surface area contributed by atoms with Gasteiger partial charge in [0.25, 0.3) is 5.91 Å². The van der Waals surface area contributed by atoms with Crippen LogP contribution in [0.4, 0.5) is 5.82 Å². The normalized spacial score (nSPS) is 20.8. The molecule has 0 aliphatic carbocycles. The predicted octanol–water partition coefficient (Wildman–Crippen LogP) is 2.99. The van der Waals surface area contributed by atoms with Crippen molar-refractivity contribution in [3.05, 3.63) is 36.0 Å². The Bertz CT molecular complexity index is 914. The molecule has 3 aliphatic rings. The highest BCUT2D eigenvalue weighted by atomic mass is 16.7. The van der Waals surface area contributed by atoms with Crippen LogP contribution in [-0.2, 0) is 0 Å². The lowest BCUT2D eigenvalue weighted by molar-refractivity contribution is 0.0794. The molecule has 0 unspecified atom stereocenters. The molecule has 2 aromatic rings. The predicted molar refractivity (Wildman–Crippen MR) is 118 cm³/mol. The van der Waals surface area contributed by atoms with Crippen molar-refractivity contribution in [3.8, 4) is 11.5 Å². The lowest BCUT2D eigenvalue weighted by atomic mass is 9.98. The average molecular weight is 426 g/mol. The van der Waals surface area contributed by atoms with Gasteiger partial charge in [0.1, 0.15) is 5.82 Å². The van der Waals surface area contributed by atoms with E-state index in [1.54, 1.807) is 24.4 Å². The van der Waals surface area contributed by atoms with E-state index >= 15 is 0 Å². The third-order valence-corrected chi connectivity index (χ3v) is 6.91. The third kappa shape index (κ3) is 4.27. The number of nitrogens with one attached hydrogen (secondary N) is 1. The number of rotatable bonds is 5. The van der Waals surface area contributed by atoms with Crippen LogP contribution >= 0.6 is 0 Å². The molecule has 8 nitrogen and oxygen atoms in total. The van der Waals surface area contributed by atoms with Crippen LogP contribution in [0.5, 0.6) is 11.5 Å². The van der Waals surface area contributed by atoms with Gasteiger partial charge in [-0.3, -0.25) is 4.79 Å². The molecule has 1 N–H and O–H groups in total. The number of carbonyl (C=O) groups excluding carboxylic acids is 1. The number of fused-ring (bicyclic) bond motifs is 1. The summed E-state index contributed by atoms with van der Waals surface area (Å²) < 4.78 is 12.7. The third-order valence-electron chi connectivity index (χ3n) is 6.91. The van der Waals surface area contributed by atoms with Gasteiger partial charge in [0.15, 0.2) is 11.5 Å². The van der Waals surface area contributed by atoms with E-state index in [4.69, 9.17) is 9.47 Å². The van der Waals surface area contributed by atoms with Crippen LogP contribution in [0, 0.1) is 0 Å². The zero-order chi connectivity index (χ0) is 21.2. The highest BCUT2D eigenvalue weighted by molar-refractivity contribution is 6.04. The molecule has 2 fully saturated rings. The van der Waals surface area contributed by atoms with Crippen molar-refractivity contribution in [3.63, 3.8) is 0 Å². The fourth-order valence-electron chi connectivity index (χ4n) is 5.03. The Morgan fingerprint density at radius 3 is 2.55 bits per heavy atom. The Balaban J connectivity index is 1.19. The lowest BCUT2D eigenvalue weighted by Gasteiger charge is -2.41. The summed E-state index contributed by atoms with van der Waals surface area (Å²) in [5.41, 5.74) is 0.547. The number of likely N-dealkylation sites (tertiary alicyclic amines) is 2. The number of ether oxygens (including phenoxy) is 2. The number of carbonyl (C=O) groups is 1. The summed E-state index contributed by atoms with van der Waals surface area (Å²) in [4.78, 5) is 18.0. The Morgan fingerprint density at radius 1 is 1.03 bits per heavy atom. The van der Waals surface area contributed by atoms with Crippen molar-refractivity contribution in [2.24, 2.45) is 0 Å². The van der Waals surface area contributed by atoms with E-state index in [9.17, 15) is 4.79 Å². The molecule has 0 saturated carbocycles. The van der Waals surface area contributed by atoms with Crippen LogP contribution < -0.4 is 14.8 Å². The first kappa shape index (κ1) is 20.3. The molecule has 31 heavy (non-hydrogen) atoms. The van der Waals surface area contributed by atoms with Gasteiger partial charge in [0, 0.05) is 30.8 Å². The van der Waals surface area contributed by atoms with E-state index in [0.717, 1.165) is 38.3 Å². The fraction of sp³-hybridized carbons (Fsp3) is 0.565. The lowest BCUT2D eigenvalue weighted by Crippen LogP contribution is -2.47. The van der Waals surface area contributed by atoms with Crippen LogP contribution in [0.2, 0.25) is 0 Å². The van der Waals surface area contributed by atoms with Crippen molar-refractivity contribution in [2.45, 2.75) is 44.7 Å². The fourth-order valence-corrected chi connectivity index (χ4v) is 5.03. The van der Waals surface area contributed by atoms with Gasteiger partial charge < -0.3 is 24.6 Å². The van der Waals surface area contributed by atoms with Crippen LogP contribution in [0.15, 0.2) is 30.5 Å².